The van der Waals surface area contributed by atoms with Crippen LogP contribution in [-0.2, 0) is 17.8 Å². The van der Waals surface area contributed by atoms with Crippen LogP contribution in [0.2, 0.25) is 0 Å². The topological polar surface area (TPSA) is 66.8 Å². The zero-order valence-corrected chi connectivity index (χ0v) is 16.4. The molecule has 1 aliphatic heterocycles. The van der Waals surface area contributed by atoms with Crippen LogP contribution in [0.1, 0.15) is 24.7 Å². The number of para-hydroxylation sites is 2. The van der Waals surface area contributed by atoms with Crippen LogP contribution < -0.4 is 0 Å². The number of nitrogens with one attached hydrogen (secondary N) is 1. The van der Waals surface area contributed by atoms with Gasteiger partial charge in [-0.05, 0) is 36.3 Å². The third-order valence-electron chi connectivity index (χ3n) is 5.70. The molecule has 6 nitrogen and oxygen atoms in total. The van der Waals surface area contributed by atoms with Gasteiger partial charge in [0.15, 0.2) is 0 Å². The first kappa shape index (κ1) is 17.7. The van der Waals surface area contributed by atoms with Gasteiger partial charge >= 0.3 is 0 Å². The van der Waals surface area contributed by atoms with Crippen LogP contribution in [0, 0.1) is 0 Å². The van der Waals surface area contributed by atoms with E-state index in [-0.39, 0.29) is 5.91 Å². The first-order valence-corrected chi connectivity index (χ1v) is 10.1. The van der Waals surface area contributed by atoms with Crippen molar-refractivity contribution in [2.45, 2.75) is 26.3 Å². The van der Waals surface area contributed by atoms with Gasteiger partial charge in [0.1, 0.15) is 18.0 Å². The van der Waals surface area contributed by atoms with Crippen LogP contribution in [-0.4, -0.2) is 43.4 Å². The Kier molecular flexibility index (Phi) is 4.39. The SMILES string of the molecule is CCc1nc2ccccc2n1CC(=O)N1CC=C(c2c[nH]c3ncccc23)CC1. The molecule has 146 valence electrons. The lowest BCUT2D eigenvalue weighted by Gasteiger charge is -2.27. The average Bonchev–Trinajstić information content (AvgIpc) is 3.35. The molecule has 0 fully saturated rings. The van der Waals surface area contributed by atoms with Crippen molar-refractivity contribution in [2.24, 2.45) is 0 Å². The minimum absolute atomic E-state index is 0.138. The van der Waals surface area contributed by atoms with Crippen molar-refractivity contribution in [1.82, 2.24) is 24.4 Å². The van der Waals surface area contributed by atoms with Crippen LogP contribution in [0.4, 0.5) is 0 Å². The van der Waals surface area contributed by atoms with Crippen LogP contribution in [0.5, 0.6) is 0 Å². The van der Waals surface area contributed by atoms with Crippen molar-refractivity contribution < 1.29 is 4.79 Å². The second-order valence-corrected chi connectivity index (χ2v) is 7.38. The zero-order chi connectivity index (χ0) is 19.8. The molecule has 0 radical (unpaired) electrons. The number of aryl methyl sites for hydroxylation is 1. The molecule has 0 aliphatic carbocycles. The number of aromatic amines is 1. The normalized spacial score (nSPS) is 14.5. The lowest BCUT2D eigenvalue weighted by Crippen LogP contribution is -2.37. The van der Waals surface area contributed by atoms with E-state index in [0.717, 1.165) is 47.3 Å². The van der Waals surface area contributed by atoms with E-state index in [4.69, 9.17) is 0 Å². The smallest absolute Gasteiger partial charge is 0.242 e. The number of carbonyl (C=O) groups excluding carboxylic acids is 1. The van der Waals surface area contributed by atoms with Crippen LogP contribution >= 0.6 is 0 Å². The van der Waals surface area contributed by atoms with Crippen molar-refractivity contribution >= 4 is 33.5 Å². The summed E-state index contributed by atoms with van der Waals surface area (Å²) in [5.74, 6) is 1.10. The highest BCUT2D eigenvalue weighted by molar-refractivity contribution is 5.91. The Hall–Kier alpha value is -3.41. The monoisotopic (exact) mass is 385 g/mol. The number of pyridine rings is 1. The summed E-state index contributed by atoms with van der Waals surface area (Å²) in [6.45, 7) is 3.78. The number of imidazole rings is 1. The van der Waals surface area contributed by atoms with Crippen molar-refractivity contribution in [1.29, 1.82) is 0 Å². The van der Waals surface area contributed by atoms with Gasteiger partial charge in [-0.25, -0.2) is 9.97 Å². The standard InChI is InChI=1S/C23H23N5O/c1-2-21-26-19-7-3-4-8-20(19)28(21)15-22(29)27-12-9-16(10-13-27)18-14-25-23-17(18)6-5-11-24-23/h3-9,11,14H,2,10,12-13,15H2,1H3,(H,24,25). The summed E-state index contributed by atoms with van der Waals surface area (Å²) in [7, 11) is 0. The molecule has 29 heavy (non-hydrogen) atoms. The number of carbonyl (C=O) groups is 1. The molecule has 0 saturated heterocycles. The van der Waals surface area contributed by atoms with Gasteiger partial charge in [-0.15, -0.1) is 0 Å². The summed E-state index contributed by atoms with van der Waals surface area (Å²) in [6, 6.07) is 12.1. The number of hydrogen-bond acceptors (Lipinski definition) is 3. The number of hydrogen-bond donors (Lipinski definition) is 1. The first-order valence-electron chi connectivity index (χ1n) is 10.1. The average molecular weight is 385 g/mol. The summed E-state index contributed by atoms with van der Waals surface area (Å²) in [4.78, 5) is 27.2. The molecule has 3 aromatic heterocycles. The maximum absolute atomic E-state index is 13.0. The van der Waals surface area contributed by atoms with Crippen molar-refractivity contribution in [3.63, 3.8) is 0 Å². The van der Waals surface area contributed by atoms with Crippen LogP contribution in [0.3, 0.4) is 0 Å². The van der Waals surface area contributed by atoms with Gasteiger partial charge in [-0.3, -0.25) is 4.79 Å². The predicted octanol–water partition coefficient (Wildman–Crippen LogP) is 3.79. The van der Waals surface area contributed by atoms with Gasteiger partial charge in [0, 0.05) is 42.9 Å². The van der Waals surface area contributed by atoms with Crippen molar-refractivity contribution in [2.75, 3.05) is 13.1 Å². The van der Waals surface area contributed by atoms with Gasteiger partial charge in [0.05, 0.1) is 11.0 Å². The van der Waals surface area contributed by atoms with Gasteiger partial charge in [0.25, 0.3) is 0 Å². The Morgan fingerprint density at radius 3 is 2.93 bits per heavy atom. The number of fused-ring (bicyclic) bond motifs is 2. The zero-order valence-electron chi connectivity index (χ0n) is 16.4. The molecule has 1 amide bonds. The Bertz CT molecular complexity index is 1230. The quantitative estimate of drug-likeness (QED) is 0.581. The molecule has 4 aromatic rings. The molecule has 0 unspecified atom stereocenters. The fourth-order valence-corrected chi connectivity index (χ4v) is 4.17. The Morgan fingerprint density at radius 1 is 1.21 bits per heavy atom. The molecule has 1 N–H and O–H groups in total. The Morgan fingerprint density at radius 2 is 2.10 bits per heavy atom. The summed E-state index contributed by atoms with van der Waals surface area (Å²) in [5, 5.41) is 1.14. The number of H-pyrrole nitrogens is 1. The number of benzene rings is 1. The van der Waals surface area contributed by atoms with Gasteiger partial charge < -0.3 is 14.5 Å². The molecular weight excluding hydrogens is 362 g/mol. The first-order chi connectivity index (χ1) is 14.2. The fourth-order valence-electron chi connectivity index (χ4n) is 4.17. The molecule has 0 atom stereocenters. The minimum atomic E-state index is 0.138. The maximum atomic E-state index is 13.0. The van der Waals surface area contributed by atoms with E-state index in [2.05, 4.69) is 38.6 Å². The molecular formula is C23H23N5O. The minimum Gasteiger partial charge on any atom is -0.346 e. The third-order valence-corrected chi connectivity index (χ3v) is 5.70. The van der Waals surface area contributed by atoms with E-state index in [0.29, 0.717) is 13.1 Å². The number of aromatic nitrogens is 4. The van der Waals surface area contributed by atoms with E-state index in [9.17, 15) is 4.79 Å². The van der Waals surface area contributed by atoms with E-state index in [1.165, 1.54) is 11.1 Å². The second-order valence-electron chi connectivity index (χ2n) is 7.38. The third kappa shape index (κ3) is 3.10. The molecule has 0 bridgehead atoms. The van der Waals surface area contributed by atoms with Crippen LogP contribution in [0.25, 0.3) is 27.6 Å². The second kappa shape index (κ2) is 7.20. The summed E-state index contributed by atoms with van der Waals surface area (Å²) in [5.41, 5.74) is 5.34. The Labute approximate surface area is 168 Å². The molecule has 1 aliphatic rings. The molecule has 5 rings (SSSR count). The van der Waals surface area contributed by atoms with Gasteiger partial charge in [-0.2, -0.15) is 0 Å². The lowest BCUT2D eigenvalue weighted by atomic mass is 9.99. The highest BCUT2D eigenvalue weighted by atomic mass is 16.2. The molecule has 0 spiro atoms. The number of nitrogens with zero attached hydrogens (tertiary/aromatic N) is 4. The molecule has 6 heteroatoms. The van der Waals surface area contributed by atoms with E-state index >= 15 is 0 Å². The van der Waals surface area contributed by atoms with Gasteiger partial charge in [-0.1, -0.05) is 25.1 Å². The fraction of sp³-hybridized carbons (Fsp3) is 0.261. The molecule has 0 saturated carbocycles. The summed E-state index contributed by atoms with van der Waals surface area (Å²) in [6.07, 6.45) is 7.64. The summed E-state index contributed by atoms with van der Waals surface area (Å²) < 4.78 is 2.06. The van der Waals surface area contributed by atoms with E-state index < -0.39 is 0 Å². The van der Waals surface area contributed by atoms with Crippen molar-refractivity contribution in [3.8, 4) is 0 Å². The Balaban J connectivity index is 1.35. The van der Waals surface area contributed by atoms with Crippen LogP contribution in [0.15, 0.2) is 54.9 Å². The van der Waals surface area contributed by atoms with Crippen molar-refractivity contribution in [3.05, 3.63) is 66.3 Å². The highest BCUT2D eigenvalue weighted by Crippen LogP contribution is 2.28. The molecule has 4 heterocycles. The maximum Gasteiger partial charge on any atom is 0.242 e. The predicted molar refractivity (Wildman–Crippen MR) is 114 cm³/mol. The largest absolute Gasteiger partial charge is 0.346 e. The highest BCUT2D eigenvalue weighted by Gasteiger charge is 2.21. The number of amides is 1. The number of rotatable bonds is 4. The summed E-state index contributed by atoms with van der Waals surface area (Å²) >= 11 is 0. The van der Waals surface area contributed by atoms with Gasteiger partial charge in [0.2, 0.25) is 5.91 Å². The van der Waals surface area contributed by atoms with E-state index in [1.807, 2.05) is 41.4 Å². The molecule has 1 aromatic carbocycles. The van der Waals surface area contributed by atoms with E-state index in [1.54, 1.807) is 6.20 Å². The lowest BCUT2D eigenvalue weighted by molar-refractivity contribution is -0.131.